The third-order valence-corrected chi connectivity index (χ3v) is 7.11. The summed E-state index contributed by atoms with van der Waals surface area (Å²) >= 11 is 0. The number of allylic oxidation sites excluding steroid dienone is 5. The lowest BCUT2D eigenvalue weighted by Crippen LogP contribution is -2.36. The highest BCUT2D eigenvalue weighted by molar-refractivity contribution is 5.84. The zero-order chi connectivity index (χ0) is 23.0. The third-order valence-electron chi connectivity index (χ3n) is 7.11. The van der Waals surface area contributed by atoms with Gasteiger partial charge in [0.2, 0.25) is 0 Å². The van der Waals surface area contributed by atoms with Gasteiger partial charge in [-0.1, -0.05) is 78.9 Å². The molecule has 33 heavy (non-hydrogen) atoms. The Morgan fingerprint density at radius 2 is 1.48 bits per heavy atom. The molecule has 2 heteroatoms. The lowest BCUT2D eigenvalue weighted by Gasteiger charge is -2.40. The summed E-state index contributed by atoms with van der Waals surface area (Å²) < 4.78 is 0. The van der Waals surface area contributed by atoms with E-state index in [2.05, 4.69) is 79.9 Å². The van der Waals surface area contributed by atoms with Gasteiger partial charge in [0.25, 0.3) is 0 Å². The molecule has 0 amide bonds. The lowest BCUT2D eigenvalue weighted by molar-refractivity contribution is 0.388. The average Bonchev–Trinajstić information content (AvgIpc) is 3.14. The van der Waals surface area contributed by atoms with Crippen LogP contribution in [0.4, 0.5) is 0 Å². The van der Waals surface area contributed by atoms with Gasteiger partial charge in [-0.3, -0.25) is 0 Å². The van der Waals surface area contributed by atoms with Crippen LogP contribution in [-0.4, -0.2) is 10.2 Å². The molecule has 2 aliphatic rings. The maximum absolute atomic E-state index is 10.6. The molecule has 0 saturated heterocycles. The van der Waals surface area contributed by atoms with Crippen LogP contribution in [0.2, 0.25) is 0 Å². The van der Waals surface area contributed by atoms with Crippen molar-refractivity contribution in [3.05, 3.63) is 138 Å². The molecule has 2 N–H and O–H groups in total. The number of rotatable bonds is 6. The maximum Gasteiger partial charge on any atom is 0.119 e. The van der Waals surface area contributed by atoms with Gasteiger partial charge in [0.15, 0.2) is 0 Å². The molecule has 3 aromatic carbocycles. The Labute approximate surface area is 195 Å². The summed E-state index contributed by atoms with van der Waals surface area (Å²) in [7, 11) is 0. The van der Waals surface area contributed by atoms with E-state index in [1.54, 1.807) is 0 Å². The topological polar surface area (TPSA) is 40.5 Å². The molecule has 164 valence electrons. The number of phenolic OH excluding ortho intramolecular Hbond substituents is 1. The standard InChI is InChI=1S/C31H28O2/c1-3-9-21-19-23(15-17-29(21)32)31(24-16-18-30(33)22(20-24)10-4-2)27-13-7-5-11-25(27)26-12-6-8-14-28(26)31/h3-8,11-15,17-20,24,32-33H,1-2,9-10,16H2. The number of aliphatic hydroxyl groups excluding tert-OH is 1. The molecule has 2 aliphatic carbocycles. The minimum absolute atomic E-state index is 0.0919. The third kappa shape index (κ3) is 3.17. The minimum atomic E-state index is -0.444. The average molecular weight is 433 g/mol. The first-order valence-corrected chi connectivity index (χ1v) is 11.4. The van der Waals surface area contributed by atoms with Crippen LogP contribution in [0.15, 0.2) is 116 Å². The molecule has 0 heterocycles. The molecule has 0 fully saturated rings. The van der Waals surface area contributed by atoms with E-state index >= 15 is 0 Å². The van der Waals surface area contributed by atoms with Crippen molar-refractivity contribution in [1.29, 1.82) is 0 Å². The van der Waals surface area contributed by atoms with Gasteiger partial charge in [-0.05, 0) is 76.3 Å². The van der Waals surface area contributed by atoms with E-state index in [1.807, 2.05) is 24.3 Å². The predicted molar refractivity (Wildman–Crippen MR) is 135 cm³/mol. The van der Waals surface area contributed by atoms with Crippen LogP contribution in [0.1, 0.15) is 35.1 Å². The first-order chi connectivity index (χ1) is 16.1. The van der Waals surface area contributed by atoms with Gasteiger partial charge < -0.3 is 10.2 Å². The van der Waals surface area contributed by atoms with E-state index in [4.69, 9.17) is 0 Å². The fourth-order valence-electron chi connectivity index (χ4n) is 5.74. The van der Waals surface area contributed by atoms with Crippen molar-refractivity contribution in [3.63, 3.8) is 0 Å². The molecule has 0 aromatic heterocycles. The van der Waals surface area contributed by atoms with Gasteiger partial charge in [0.05, 0.1) is 5.41 Å². The van der Waals surface area contributed by atoms with Crippen molar-refractivity contribution < 1.29 is 10.2 Å². The van der Waals surface area contributed by atoms with Crippen LogP contribution < -0.4 is 0 Å². The zero-order valence-corrected chi connectivity index (χ0v) is 18.7. The van der Waals surface area contributed by atoms with Gasteiger partial charge >= 0.3 is 0 Å². The highest BCUT2D eigenvalue weighted by Crippen LogP contribution is 2.58. The number of benzene rings is 3. The van der Waals surface area contributed by atoms with Crippen molar-refractivity contribution in [2.75, 3.05) is 0 Å². The Bertz CT molecular complexity index is 1260. The highest BCUT2D eigenvalue weighted by atomic mass is 16.3. The second-order valence-electron chi connectivity index (χ2n) is 8.85. The Kier molecular flexibility index (Phi) is 5.30. The molecule has 0 bridgehead atoms. The Morgan fingerprint density at radius 3 is 2.12 bits per heavy atom. The summed E-state index contributed by atoms with van der Waals surface area (Å²) in [6, 6.07) is 23.3. The quantitative estimate of drug-likeness (QED) is 0.398. The summed E-state index contributed by atoms with van der Waals surface area (Å²) in [5.41, 5.74) is 7.48. The van der Waals surface area contributed by atoms with Crippen LogP contribution in [0.5, 0.6) is 5.75 Å². The highest BCUT2D eigenvalue weighted by Gasteiger charge is 2.49. The van der Waals surface area contributed by atoms with Gasteiger partial charge in [-0.15, -0.1) is 13.2 Å². The van der Waals surface area contributed by atoms with Crippen LogP contribution in [0, 0.1) is 5.92 Å². The molecule has 0 spiro atoms. The smallest absolute Gasteiger partial charge is 0.119 e. The summed E-state index contributed by atoms with van der Waals surface area (Å²) in [6.07, 6.45) is 9.77. The largest absolute Gasteiger partial charge is 0.508 e. The molecule has 0 saturated carbocycles. The van der Waals surface area contributed by atoms with Gasteiger partial charge in [-0.2, -0.15) is 0 Å². The number of hydrogen-bond acceptors (Lipinski definition) is 2. The van der Waals surface area contributed by atoms with E-state index in [1.165, 1.54) is 22.3 Å². The molecule has 1 atom stereocenters. The normalized spacial score (nSPS) is 18.0. The first kappa shape index (κ1) is 21.1. The molecule has 0 radical (unpaired) electrons. The summed E-state index contributed by atoms with van der Waals surface area (Å²) in [5, 5.41) is 21.1. The number of fused-ring (bicyclic) bond motifs is 3. The minimum Gasteiger partial charge on any atom is -0.508 e. The van der Waals surface area contributed by atoms with Crippen LogP contribution in [-0.2, 0) is 11.8 Å². The van der Waals surface area contributed by atoms with E-state index in [0.29, 0.717) is 25.0 Å². The van der Waals surface area contributed by atoms with E-state index in [-0.39, 0.29) is 11.7 Å². The first-order valence-electron chi connectivity index (χ1n) is 11.4. The maximum atomic E-state index is 10.6. The molecular weight excluding hydrogens is 404 g/mol. The van der Waals surface area contributed by atoms with Crippen LogP contribution >= 0.6 is 0 Å². The summed E-state index contributed by atoms with van der Waals surface area (Å²) in [4.78, 5) is 0. The summed E-state index contributed by atoms with van der Waals surface area (Å²) in [5.74, 6) is 0.727. The molecule has 2 nitrogen and oxygen atoms in total. The second-order valence-corrected chi connectivity index (χ2v) is 8.85. The van der Waals surface area contributed by atoms with Crippen molar-refractivity contribution in [2.45, 2.75) is 24.7 Å². The molecule has 0 aliphatic heterocycles. The van der Waals surface area contributed by atoms with E-state index < -0.39 is 5.41 Å². The number of hydrogen-bond donors (Lipinski definition) is 2. The van der Waals surface area contributed by atoms with Crippen molar-refractivity contribution in [1.82, 2.24) is 0 Å². The predicted octanol–water partition coefficient (Wildman–Crippen LogP) is 7.40. The fourth-order valence-corrected chi connectivity index (χ4v) is 5.74. The monoisotopic (exact) mass is 432 g/mol. The molecular formula is C31H28O2. The zero-order valence-electron chi connectivity index (χ0n) is 18.7. The molecule has 3 aromatic rings. The fraction of sp³-hybridized carbons (Fsp3) is 0.161. The molecule has 5 rings (SSSR count). The summed E-state index contributed by atoms with van der Waals surface area (Å²) in [6.45, 7) is 7.76. The Morgan fingerprint density at radius 1 is 0.848 bits per heavy atom. The number of aromatic hydroxyl groups is 1. The van der Waals surface area contributed by atoms with Gasteiger partial charge in [-0.25, -0.2) is 0 Å². The van der Waals surface area contributed by atoms with Crippen LogP contribution in [0.25, 0.3) is 11.1 Å². The van der Waals surface area contributed by atoms with Crippen molar-refractivity contribution >= 4 is 0 Å². The second kappa shape index (κ2) is 8.29. The Balaban J connectivity index is 1.85. The lowest BCUT2D eigenvalue weighted by atomic mass is 9.61. The van der Waals surface area contributed by atoms with E-state index in [9.17, 15) is 10.2 Å². The van der Waals surface area contributed by atoms with Gasteiger partial charge in [0.1, 0.15) is 11.5 Å². The van der Waals surface area contributed by atoms with E-state index in [0.717, 1.165) is 16.7 Å². The van der Waals surface area contributed by atoms with Crippen LogP contribution in [0.3, 0.4) is 0 Å². The number of phenols is 1. The van der Waals surface area contributed by atoms with Crippen molar-refractivity contribution in [3.8, 4) is 16.9 Å². The SMILES string of the molecule is C=CCC1=CC(C2(c3ccc(O)c(CC=C)c3)c3ccccc3-c3ccccc32)CC=C1O. The van der Waals surface area contributed by atoms with Crippen molar-refractivity contribution in [2.24, 2.45) is 5.92 Å². The Hall–Kier alpha value is -3.78. The number of aliphatic hydroxyl groups is 1. The molecule has 1 unspecified atom stereocenters. The van der Waals surface area contributed by atoms with Gasteiger partial charge in [0, 0.05) is 0 Å².